The van der Waals surface area contributed by atoms with Gasteiger partial charge in [-0.05, 0) is 13.3 Å². The number of rotatable bonds is 8. The third-order valence-corrected chi connectivity index (χ3v) is 3.58. The van der Waals surface area contributed by atoms with E-state index in [4.69, 9.17) is 0 Å². The first-order valence-corrected chi connectivity index (χ1v) is 7.62. The predicted octanol–water partition coefficient (Wildman–Crippen LogP) is 3.16. The van der Waals surface area contributed by atoms with Crippen LogP contribution in [0.5, 0.6) is 0 Å². The summed E-state index contributed by atoms with van der Waals surface area (Å²) in [5.74, 6) is -9.80. The van der Waals surface area contributed by atoms with E-state index in [0.29, 0.717) is 6.42 Å². The van der Waals surface area contributed by atoms with Crippen molar-refractivity contribution >= 4 is 23.7 Å². The van der Waals surface area contributed by atoms with Gasteiger partial charge < -0.3 is 4.74 Å². The zero-order chi connectivity index (χ0) is 20.0. The Bertz CT molecular complexity index is 765. The predicted molar refractivity (Wildman–Crippen MR) is 85.8 cm³/mol. The summed E-state index contributed by atoms with van der Waals surface area (Å²) in [5, 5.41) is 11.1. The number of hydrogen-bond acceptors (Lipinski definition) is 6. The first-order valence-electron chi connectivity index (χ1n) is 7.62. The second-order valence-corrected chi connectivity index (χ2v) is 5.32. The molecule has 26 heavy (non-hydrogen) atoms. The lowest BCUT2D eigenvalue weighted by Gasteiger charge is -2.12. The third kappa shape index (κ3) is 4.24. The number of hydrogen-bond donors (Lipinski definition) is 0. The number of ether oxygens (including phenoxy) is 1. The fraction of sp³-hybridized carbons (Fsp3) is 0.438. The van der Waals surface area contributed by atoms with E-state index < -0.39 is 56.9 Å². The van der Waals surface area contributed by atoms with E-state index >= 15 is 0 Å². The zero-order valence-electron chi connectivity index (χ0n) is 14.3. The normalized spacial score (nSPS) is 12.2. The van der Waals surface area contributed by atoms with Gasteiger partial charge in [-0.25, -0.2) is 8.78 Å². The van der Waals surface area contributed by atoms with Crippen molar-refractivity contribution < 1.29 is 32.4 Å². The fourth-order valence-electron chi connectivity index (χ4n) is 2.11. The van der Waals surface area contributed by atoms with E-state index in [-0.39, 0.29) is 6.54 Å². The second kappa shape index (κ2) is 9.07. The summed E-state index contributed by atoms with van der Waals surface area (Å²) in [5.41, 5.74) is -3.92. The number of esters is 1. The van der Waals surface area contributed by atoms with Crippen molar-refractivity contribution in [3.8, 4) is 0 Å². The molecule has 1 aromatic carbocycles. The lowest BCUT2D eigenvalue weighted by molar-refractivity contribution is -0.388. The van der Waals surface area contributed by atoms with Gasteiger partial charge >= 0.3 is 11.7 Å². The molecule has 1 aromatic rings. The van der Waals surface area contributed by atoms with Crippen molar-refractivity contribution in [1.29, 1.82) is 0 Å². The average molecular weight is 374 g/mol. The maximum atomic E-state index is 14.4. The number of nitrogens with zero attached hydrogens (tertiary/aromatic N) is 2. The number of ketones is 1. The molecule has 10 heteroatoms. The van der Waals surface area contributed by atoms with Crippen LogP contribution in [-0.4, -0.2) is 36.5 Å². The van der Waals surface area contributed by atoms with Gasteiger partial charge in [0.1, 0.15) is 11.4 Å². The van der Waals surface area contributed by atoms with Gasteiger partial charge in [0.25, 0.3) is 0 Å². The molecular formula is C16H17F3N2O5. The van der Waals surface area contributed by atoms with E-state index in [9.17, 15) is 32.9 Å². The molecule has 0 saturated carbocycles. The van der Waals surface area contributed by atoms with Gasteiger partial charge in [-0.1, -0.05) is 13.3 Å². The molecule has 1 atom stereocenters. The number of nitro benzene ring substituents is 1. The molecule has 0 bridgehead atoms. The molecule has 0 radical (unpaired) electrons. The van der Waals surface area contributed by atoms with Gasteiger partial charge in [-0.15, -0.1) is 0 Å². The highest BCUT2D eigenvalue weighted by Gasteiger charge is 2.39. The largest absolute Gasteiger partial charge is 0.468 e. The molecule has 0 aliphatic heterocycles. The van der Waals surface area contributed by atoms with E-state index in [2.05, 4.69) is 9.73 Å². The van der Waals surface area contributed by atoms with E-state index in [1.807, 2.05) is 6.92 Å². The Morgan fingerprint density at radius 3 is 2.38 bits per heavy atom. The van der Waals surface area contributed by atoms with Crippen molar-refractivity contribution in [3.63, 3.8) is 0 Å². The van der Waals surface area contributed by atoms with Crippen LogP contribution < -0.4 is 0 Å². The molecule has 0 N–H and O–H groups in total. The molecule has 1 rings (SSSR count). The Hall–Kier alpha value is -2.78. The highest BCUT2D eigenvalue weighted by Crippen LogP contribution is 2.32. The zero-order valence-corrected chi connectivity index (χ0v) is 14.3. The Balaban J connectivity index is 3.55. The molecule has 0 amide bonds. The number of carbonyl (C=O) groups is 2. The molecule has 0 spiro atoms. The third-order valence-electron chi connectivity index (χ3n) is 3.58. The highest BCUT2D eigenvalue weighted by molar-refractivity contribution is 6.20. The standard InChI is InChI=1S/C16H17F3N2O5/c1-4-5-6-20-7-9(16(23)26-3)15(22)10-11(17)8(2)12(18)13(19)14(10)21(24)25/h7,9H,4-6H2,1-3H3. The minimum atomic E-state index is -1.98. The highest BCUT2D eigenvalue weighted by atomic mass is 19.2. The van der Waals surface area contributed by atoms with Gasteiger partial charge in [0.2, 0.25) is 5.82 Å². The van der Waals surface area contributed by atoms with Crippen LogP contribution in [0.3, 0.4) is 0 Å². The lowest BCUT2D eigenvalue weighted by Crippen LogP contribution is -2.29. The summed E-state index contributed by atoms with van der Waals surface area (Å²) in [6, 6.07) is 0. The molecule has 0 aliphatic carbocycles. The van der Waals surface area contributed by atoms with E-state index in [0.717, 1.165) is 26.7 Å². The fourth-order valence-corrected chi connectivity index (χ4v) is 2.11. The quantitative estimate of drug-likeness (QED) is 0.102. The van der Waals surface area contributed by atoms with Crippen LogP contribution in [0.25, 0.3) is 0 Å². The summed E-state index contributed by atoms with van der Waals surface area (Å²) in [6.45, 7) is 2.94. The molecule has 0 fully saturated rings. The van der Waals surface area contributed by atoms with Crippen LogP contribution in [-0.2, 0) is 9.53 Å². The Labute approximate surface area is 147 Å². The monoisotopic (exact) mass is 374 g/mol. The van der Waals surface area contributed by atoms with Gasteiger partial charge in [-0.2, -0.15) is 4.39 Å². The van der Waals surface area contributed by atoms with Crippen LogP contribution in [0.4, 0.5) is 18.9 Å². The molecule has 0 aliphatic rings. The van der Waals surface area contributed by atoms with Crippen LogP contribution in [0, 0.1) is 40.4 Å². The summed E-state index contributed by atoms with van der Waals surface area (Å²) in [6.07, 6.45) is 2.28. The van der Waals surface area contributed by atoms with E-state index in [1.54, 1.807) is 0 Å². The number of halogens is 3. The summed E-state index contributed by atoms with van der Waals surface area (Å²) < 4.78 is 46.3. The van der Waals surface area contributed by atoms with Gasteiger partial charge in [0.15, 0.2) is 17.5 Å². The summed E-state index contributed by atoms with van der Waals surface area (Å²) in [7, 11) is 0.948. The van der Waals surface area contributed by atoms with E-state index in [1.165, 1.54) is 0 Å². The van der Waals surface area contributed by atoms with Crippen LogP contribution in [0.2, 0.25) is 0 Å². The topological polar surface area (TPSA) is 98.9 Å². The van der Waals surface area contributed by atoms with Gasteiger partial charge in [0.05, 0.1) is 12.0 Å². The minimum absolute atomic E-state index is 0.249. The number of carbonyl (C=O) groups excluding carboxylic acids is 2. The van der Waals surface area contributed by atoms with Crippen molar-refractivity contribution in [2.75, 3.05) is 13.7 Å². The number of Topliss-reactive ketones (excluding diaryl/α,β-unsaturated/α-hetero) is 1. The number of benzene rings is 1. The molecular weight excluding hydrogens is 357 g/mol. The lowest BCUT2D eigenvalue weighted by atomic mass is 9.94. The Morgan fingerprint density at radius 1 is 1.27 bits per heavy atom. The van der Waals surface area contributed by atoms with Crippen LogP contribution in [0.15, 0.2) is 4.99 Å². The SMILES string of the molecule is CCCCN=CC(C(=O)OC)C(=O)c1c(F)c(C)c(F)c(F)c1[N+](=O)[O-]. The average Bonchev–Trinajstić information content (AvgIpc) is 2.61. The number of aliphatic imine (C=N–C) groups is 1. The maximum Gasteiger partial charge on any atom is 0.322 e. The molecule has 7 nitrogen and oxygen atoms in total. The number of methoxy groups -OCH3 is 1. The minimum Gasteiger partial charge on any atom is -0.468 e. The number of unbranched alkanes of at least 4 members (excludes halogenated alkanes) is 1. The van der Waals surface area contributed by atoms with Crippen molar-refractivity contribution in [2.45, 2.75) is 26.7 Å². The van der Waals surface area contributed by atoms with Crippen LogP contribution in [0.1, 0.15) is 35.7 Å². The molecule has 0 aromatic heterocycles. The first kappa shape index (κ1) is 21.3. The second-order valence-electron chi connectivity index (χ2n) is 5.32. The van der Waals surface area contributed by atoms with Gasteiger partial charge in [-0.3, -0.25) is 24.7 Å². The Kier molecular flexibility index (Phi) is 7.41. The first-order chi connectivity index (χ1) is 12.2. The summed E-state index contributed by atoms with van der Waals surface area (Å²) in [4.78, 5) is 37.8. The molecule has 0 saturated heterocycles. The molecule has 142 valence electrons. The molecule has 1 unspecified atom stereocenters. The van der Waals surface area contributed by atoms with Crippen molar-refractivity contribution in [1.82, 2.24) is 0 Å². The Morgan fingerprint density at radius 2 is 1.88 bits per heavy atom. The summed E-state index contributed by atoms with van der Waals surface area (Å²) >= 11 is 0. The number of nitro groups is 1. The molecule has 0 heterocycles. The van der Waals surface area contributed by atoms with Crippen molar-refractivity contribution in [3.05, 3.63) is 38.7 Å². The maximum absolute atomic E-state index is 14.4. The van der Waals surface area contributed by atoms with Gasteiger partial charge in [0, 0.05) is 18.3 Å². The smallest absolute Gasteiger partial charge is 0.322 e. The van der Waals surface area contributed by atoms with Crippen LogP contribution >= 0.6 is 0 Å². The van der Waals surface area contributed by atoms with Crippen molar-refractivity contribution in [2.24, 2.45) is 10.9 Å².